The molecule has 0 aliphatic heterocycles. The molecule has 0 bridgehead atoms. The predicted octanol–water partition coefficient (Wildman–Crippen LogP) is 6.32. The summed E-state index contributed by atoms with van der Waals surface area (Å²) in [6.45, 7) is 11.2. The number of hydrogen-bond acceptors (Lipinski definition) is 3. The summed E-state index contributed by atoms with van der Waals surface area (Å²) < 4.78 is 11.6. The van der Waals surface area contributed by atoms with Gasteiger partial charge in [0.1, 0.15) is 17.9 Å². The van der Waals surface area contributed by atoms with E-state index in [0.29, 0.717) is 12.2 Å². The van der Waals surface area contributed by atoms with E-state index in [-0.39, 0.29) is 11.0 Å². The van der Waals surface area contributed by atoms with Crippen molar-refractivity contribution in [1.29, 1.82) is 0 Å². The van der Waals surface area contributed by atoms with E-state index in [0.717, 1.165) is 47.1 Å². The van der Waals surface area contributed by atoms with Gasteiger partial charge < -0.3 is 9.15 Å². The summed E-state index contributed by atoms with van der Waals surface area (Å²) in [6.07, 6.45) is 3.04. The van der Waals surface area contributed by atoms with E-state index in [2.05, 4.69) is 52.0 Å². The second-order valence-corrected chi connectivity index (χ2v) is 8.50. The van der Waals surface area contributed by atoms with Crippen molar-refractivity contribution in [2.75, 3.05) is 0 Å². The molecule has 28 heavy (non-hydrogen) atoms. The summed E-state index contributed by atoms with van der Waals surface area (Å²) in [7, 11) is 0. The van der Waals surface area contributed by atoms with E-state index in [1.54, 1.807) is 6.07 Å². The molecule has 3 heteroatoms. The smallest absolute Gasteiger partial charge is 0.336 e. The van der Waals surface area contributed by atoms with Gasteiger partial charge in [-0.05, 0) is 54.0 Å². The molecule has 0 amide bonds. The van der Waals surface area contributed by atoms with Crippen molar-refractivity contribution in [3.8, 4) is 5.75 Å². The molecule has 0 aliphatic carbocycles. The zero-order valence-electron chi connectivity index (χ0n) is 17.6. The molecule has 0 unspecified atom stereocenters. The highest BCUT2D eigenvalue weighted by molar-refractivity contribution is 5.85. The Morgan fingerprint density at radius 1 is 1.04 bits per heavy atom. The van der Waals surface area contributed by atoms with Crippen molar-refractivity contribution in [1.82, 2.24) is 0 Å². The van der Waals surface area contributed by atoms with Crippen LogP contribution >= 0.6 is 0 Å². The number of rotatable bonds is 6. The molecule has 0 spiro atoms. The zero-order chi connectivity index (χ0) is 20.3. The number of unbranched alkanes of at least 4 members (excludes halogenated alkanes) is 1. The third-order valence-corrected chi connectivity index (χ3v) is 5.21. The highest BCUT2D eigenvalue weighted by atomic mass is 16.5. The normalized spacial score (nSPS) is 11.8. The minimum absolute atomic E-state index is 0.140. The van der Waals surface area contributed by atoms with E-state index in [9.17, 15) is 4.79 Å². The Kier molecular flexibility index (Phi) is 5.93. The summed E-state index contributed by atoms with van der Waals surface area (Å²) in [5.74, 6) is 0.753. The first-order valence-corrected chi connectivity index (χ1v) is 10.1. The zero-order valence-corrected chi connectivity index (χ0v) is 17.6. The second-order valence-electron chi connectivity index (χ2n) is 8.50. The fourth-order valence-corrected chi connectivity index (χ4v) is 3.40. The van der Waals surface area contributed by atoms with E-state index in [1.807, 2.05) is 19.1 Å². The van der Waals surface area contributed by atoms with Gasteiger partial charge in [0.2, 0.25) is 0 Å². The topological polar surface area (TPSA) is 39.4 Å². The number of aryl methyl sites for hydroxylation is 2. The maximum atomic E-state index is 12.0. The van der Waals surface area contributed by atoms with Crippen LogP contribution in [0.2, 0.25) is 0 Å². The quantitative estimate of drug-likeness (QED) is 0.471. The van der Waals surface area contributed by atoms with Crippen LogP contribution in [0.1, 0.15) is 62.8 Å². The molecule has 1 heterocycles. The first-order chi connectivity index (χ1) is 13.3. The standard InChI is InChI=1S/C25H30O3/c1-6-7-8-19-15-23(26)28-24-17(2)22(14-13-21(19)24)27-16-18-9-11-20(12-10-18)25(3,4)5/h9-15H,6-8,16H2,1-5H3. The van der Waals surface area contributed by atoms with Gasteiger partial charge in [0, 0.05) is 17.0 Å². The molecular weight excluding hydrogens is 348 g/mol. The first-order valence-electron chi connectivity index (χ1n) is 10.1. The van der Waals surface area contributed by atoms with Gasteiger partial charge >= 0.3 is 5.63 Å². The maximum Gasteiger partial charge on any atom is 0.336 e. The lowest BCUT2D eigenvalue weighted by Crippen LogP contribution is -2.10. The van der Waals surface area contributed by atoms with Gasteiger partial charge in [0.05, 0.1) is 0 Å². The van der Waals surface area contributed by atoms with E-state index >= 15 is 0 Å². The van der Waals surface area contributed by atoms with E-state index < -0.39 is 0 Å². The van der Waals surface area contributed by atoms with Gasteiger partial charge in [0.15, 0.2) is 0 Å². The molecule has 0 atom stereocenters. The molecular formula is C25H30O3. The Balaban J connectivity index is 1.84. The monoisotopic (exact) mass is 378 g/mol. The van der Waals surface area contributed by atoms with Crippen LogP contribution < -0.4 is 10.4 Å². The van der Waals surface area contributed by atoms with Crippen LogP contribution in [0.25, 0.3) is 11.0 Å². The minimum Gasteiger partial charge on any atom is -0.488 e. The van der Waals surface area contributed by atoms with Crippen molar-refractivity contribution >= 4 is 11.0 Å². The van der Waals surface area contributed by atoms with Crippen LogP contribution in [0.15, 0.2) is 51.7 Å². The number of benzene rings is 2. The summed E-state index contributed by atoms with van der Waals surface area (Å²) in [6, 6.07) is 14.1. The highest BCUT2D eigenvalue weighted by Gasteiger charge is 2.14. The molecule has 0 saturated carbocycles. The average Bonchev–Trinajstić information content (AvgIpc) is 2.65. The van der Waals surface area contributed by atoms with E-state index in [1.165, 1.54) is 5.56 Å². The Labute approximate surface area is 167 Å². The van der Waals surface area contributed by atoms with Gasteiger partial charge in [-0.25, -0.2) is 4.79 Å². The van der Waals surface area contributed by atoms with Crippen LogP contribution in [-0.4, -0.2) is 0 Å². The molecule has 148 valence electrons. The molecule has 0 fully saturated rings. The number of fused-ring (bicyclic) bond motifs is 1. The van der Waals surface area contributed by atoms with Crippen molar-refractivity contribution < 1.29 is 9.15 Å². The molecule has 3 nitrogen and oxygen atoms in total. The molecule has 1 aromatic heterocycles. The van der Waals surface area contributed by atoms with Crippen LogP contribution in [0.4, 0.5) is 0 Å². The van der Waals surface area contributed by atoms with Crippen LogP contribution in [0.3, 0.4) is 0 Å². The Hall–Kier alpha value is -2.55. The lowest BCUT2D eigenvalue weighted by molar-refractivity contribution is 0.304. The third-order valence-electron chi connectivity index (χ3n) is 5.21. The van der Waals surface area contributed by atoms with Crippen molar-refractivity contribution in [3.63, 3.8) is 0 Å². The minimum atomic E-state index is -0.295. The van der Waals surface area contributed by atoms with Gasteiger partial charge in [-0.3, -0.25) is 0 Å². The van der Waals surface area contributed by atoms with Crippen LogP contribution in [-0.2, 0) is 18.4 Å². The van der Waals surface area contributed by atoms with Crippen LogP contribution in [0, 0.1) is 6.92 Å². The first kappa shape index (κ1) is 20.2. The second kappa shape index (κ2) is 8.22. The summed E-state index contributed by atoms with van der Waals surface area (Å²) in [4.78, 5) is 12.0. The number of hydrogen-bond donors (Lipinski definition) is 0. The Morgan fingerprint density at radius 3 is 2.39 bits per heavy atom. The molecule has 2 aromatic carbocycles. The fourth-order valence-electron chi connectivity index (χ4n) is 3.40. The summed E-state index contributed by atoms with van der Waals surface area (Å²) >= 11 is 0. The molecule has 0 aliphatic rings. The predicted molar refractivity (Wildman–Crippen MR) is 115 cm³/mol. The summed E-state index contributed by atoms with van der Waals surface area (Å²) in [5.41, 5.74) is 4.84. The lowest BCUT2D eigenvalue weighted by Gasteiger charge is -2.19. The Morgan fingerprint density at radius 2 is 1.75 bits per heavy atom. The van der Waals surface area contributed by atoms with Gasteiger partial charge in [0.25, 0.3) is 0 Å². The largest absolute Gasteiger partial charge is 0.488 e. The van der Waals surface area contributed by atoms with Crippen molar-refractivity contribution in [2.24, 2.45) is 0 Å². The lowest BCUT2D eigenvalue weighted by atomic mass is 9.87. The van der Waals surface area contributed by atoms with Gasteiger partial charge in [-0.2, -0.15) is 0 Å². The molecule has 3 rings (SSSR count). The maximum absolute atomic E-state index is 12.0. The molecule has 3 aromatic rings. The fraction of sp³-hybridized carbons (Fsp3) is 0.400. The van der Waals surface area contributed by atoms with Gasteiger partial charge in [-0.1, -0.05) is 58.4 Å². The van der Waals surface area contributed by atoms with Crippen LogP contribution in [0.5, 0.6) is 5.75 Å². The molecule has 0 N–H and O–H groups in total. The third kappa shape index (κ3) is 4.46. The summed E-state index contributed by atoms with van der Waals surface area (Å²) in [5, 5.41) is 1.01. The van der Waals surface area contributed by atoms with Gasteiger partial charge in [-0.15, -0.1) is 0 Å². The molecule has 0 radical (unpaired) electrons. The Bertz CT molecular complexity index is 1000. The average molecular weight is 379 g/mol. The molecule has 0 saturated heterocycles. The van der Waals surface area contributed by atoms with E-state index in [4.69, 9.17) is 9.15 Å². The number of ether oxygens (including phenoxy) is 1. The highest BCUT2D eigenvalue weighted by Crippen LogP contribution is 2.30. The van der Waals surface area contributed by atoms with Crippen molar-refractivity contribution in [3.05, 3.63) is 75.1 Å². The SMILES string of the molecule is CCCCc1cc(=O)oc2c(C)c(OCc3ccc(C(C)(C)C)cc3)ccc12. The van der Waals surface area contributed by atoms with Crippen molar-refractivity contribution in [2.45, 2.75) is 65.9 Å².